The Labute approximate surface area is 132 Å². The minimum absolute atomic E-state index is 0.406. The molecule has 1 aromatic heterocycles. The molecule has 1 aromatic rings. The van der Waals surface area contributed by atoms with E-state index in [2.05, 4.69) is 20.6 Å². The third kappa shape index (κ3) is 2.66. The van der Waals surface area contributed by atoms with E-state index in [0.717, 1.165) is 6.54 Å². The molecule has 4 heteroatoms. The van der Waals surface area contributed by atoms with Crippen molar-refractivity contribution in [2.75, 3.05) is 13.1 Å². The summed E-state index contributed by atoms with van der Waals surface area (Å²) in [5, 5.41) is 7.44. The molecule has 2 heterocycles. The quantitative estimate of drug-likeness (QED) is 0.905. The first-order valence-electron chi connectivity index (χ1n) is 8.69. The fraction of sp³-hybridized carbons (Fsp3) is 0.824. The van der Waals surface area contributed by atoms with E-state index in [-0.39, 0.29) is 0 Å². The van der Waals surface area contributed by atoms with Crippen molar-refractivity contribution < 1.29 is 0 Å². The van der Waals surface area contributed by atoms with Crippen LogP contribution in [0.2, 0.25) is 0 Å². The number of hydrogen-bond acceptors (Lipinski definition) is 4. The lowest BCUT2D eigenvalue weighted by atomic mass is 9.76. The van der Waals surface area contributed by atoms with E-state index < -0.39 is 0 Å². The largest absolute Gasteiger partial charge is 0.308 e. The molecule has 0 bridgehead atoms. The zero-order valence-corrected chi connectivity index (χ0v) is 13.8. The summed E-state index contributed by atoms with van der Waals surface area (Å²) in [5.41, 5.74) is 0.831. The van der Waals surface area contributed by atoms with E-state index in [9.17, 15) is 0 Å². The number of thiazole rings is 1. The van der Waals surface area contributed by atoms with Crippen molar-refractivity contribution in [3.63, 3.8) is 0 Å². The smallest absolute Gasteiger partial charge is 0.107 e. The highest BCUT2D eigenvalue weighted by molar-refractivity contribution is 7.09. The summed E-state index contributed by atoms with van der Waals surface area (Å²) in [6.07, 6.45) is 14.5. The molecule has 0 unspecified atom stereocenters. The van der Waals surface area contributed by atoms with Crippen molar-refractivity contribution in [1.82, 2.24) is 15.2 Å². The molecule has 0 aromatic carbocycles. The average Bonchev–Trinajstić information content (AvgIpc) is 3.17. The number of hydrogen-bond donors (Lipinski definition) is 1. The Morgan fingerprint density at radius 2 is 1.86 bits per heavy atom. The summed E-state index contributed by atoms with van der Waals surface area (Å²) in [5.74, 6) is 0. The van der Waals surface area contributed by atoms with Crippen molar-refractivity contribution in [1.29, 1.82) is 0 Å². The number of nitrogens with zero attached hydrogens (tertiary/aromatic N) is 2. The SMILES string of the molecule is c1csc(CN2CC3(CCCCC3)NCC23CCCC3)n1. The number of piperazine rings is 1. The summed E-state index contributed by atoms with van der Waals surface area (Å²) in [4.78, 5) is 7.37. The Bertz CT molecular complexity index is 458. The third-order valence-electron chi connectivity index (χ3n) is 6.11. The highest BCUT2D eigenvalue weighted by Gasteiger charge is 2.48. The van der Waals surface area contributed by atoms with Crippen LogP contribution in [0, 0.1) is 0 Å². The molecular formula is C17H27N3S. The predicted octanol–water partition coefficient (Wildman–Crippen LogP) is 3.56. The highest BCUT2D eigenvalue weighted by Crippen LogP contribution is 2.42. The maximum Gasteiger partial charge on any atom is 0.107 e. The molecule has 2 spiro atoms. The number of aromatic nitrogens is 1. The van der Waals surface area contributed by atoms with E-state index in [4.69, 9.17) is 0 Å². The van der Waals surface area contributed by atoms with Crippen molar-refractivity contribution in [3.8, 4) is 0 Å². The van der Waals surface area contributed by atoms with E-state index >= 15 is 0 Å². The van der Waals surface area contributed by atoms with Crippen molar-refractivity contribution >= 4 is 11.3 Å². The predicted molar refractivity (Wildman–Crippen MR) is 87.5 cm³/mol. The summed E-state index contributed by atoms with van der Waals surface area (Å²) < 4.78 is 0. The normalized spacial score (nSPS) is 28.4. The van der Waals surface area contributed by atoms with Gasteiger partial charge in [-0.05, 0) is 25.7 Å². The van der Waals surface area contributed by atoms with Gasteiger partial charge in [-0.25, -0.2) is 4.98 Å². The molecule has 3 aliphatic rings. The highest BCUT2D eigenvalue weighted by atomic mass is 32.1. The third-order valence-corrected chi connectivity index (χ3v) is 6.88. The molecule has 0 amide bonds. The van der Waals surface area contributed by atoms with Crippen molar-refractivity contribution in [2.45, 2.75) is 75.4 Å². The Balaban J connectivity index is 1.56. The Hall–Kier alpha value is -0.450. The minimum atomic E-state index is 0.406. The van der Waals surface area contributed by atoms with Gasteiger partial charge in [-0.2, -0.15) is 0 Å². The van der Waals surface area contributed by atoms with Gasteiger partial charge in [-0.1, -0.05) is 32.1 Å². The van der Waals surface area contributed by atoms with Crippen LogP contribution in [-0.4, -0.2) is 34.1 Å². The second-order valence-electron chi connectivity index (χ2n) is 7.41. The van der Waals surface area contributed by atoms with Crippen LogP contribution in [0.3, 0.4) is 0 Å². The molecule has 2 saturated carbocycles. The minimum Gasteiger partial charge on any atom is -0.308 e. The molecule has 1 aliphatic heterocycles. The van der Waals surface area contributed by atoms with Gasteiger partial charge in [0.25, 0.3) is 0 Å². The molecule has 4 rings (SSSR count). The molecule has 3 fully saturated rings. The second-order valence-corrected chi connectivity index (χ2v) is 8.39. The van der Waals surface area contributed by atoms with Gasteiger partial charge < -0.3 is 5.32 Å². The van der Waals surface area contributed by atoms with E-state index in [0.29, 0.717) is 11.1 Å². The van der Waals surface area contributed by atoms with Crippen LogP contribution < -0.4 is 5.32 Å². The van der Waals surface area contributed by atoms with Crippen LogP contribution in [0.15, 0.2) is 11.6 Å². The van der Waals surface area contributed by atoms with Crippen LogP contribution in [0.4, 0.5) is 0 Å². The Morgan fingerprint density at radius 3 is 2.57 bits per heavy atom. The van der Waals surface area contributed by atoms with Crippen LogP contribution in [-0.2, 0) is 6.54 Å². The second kappa shape index (κ2) is 5.64. The van der Waals surface area contributed by atoms with Gasteiger partial charge in [0.15, 0.2) is 0 Å². The maximum absolute atomic E-state index is 4.55. The lowest BCUT2D eigenvalue weighted by Crippen LogP contribution is -2.69. The lowest BCUT2D eigenvalue weighted by molar-refractivity contribution is -0.0119. The topological polar surface area (TPSA) is 28.2 Å². The molecule has 21 heavy (non-hydrogen) atoms. The van der Waals surface area contributed by atoms with Gasteiger partial charge in [0.05, 0.1) is 6.54 Å². The summed E-state index contributed by atoms with van der Waals surface area (Å²) >= 11 is 1.82. The van der Waals surface area contributed by atoms with Crippen LogP contribution >= 0.6 is 11.3 Å². The zero-order chi connectivity index (χ0) is 14.2. The first-order valence-corrected chi connectivity index (χ1v) is 9.57. The molecule has 1 saturated heterocycles. The first-order chi connectivity index (χ1) is 10.3. The van der Waals surface area contributed by atoms with E-state index in [1.165, 1.54) is 75.9 Å². The molecule has 1 N–H and O–H groups in total. The molecule has 0 radical (unpaired) electrons. The fourth-order valence-corrected chi connectivity index (χ4v) is 5.49. The Morgan fingerprint density at radius 1 is 1.10 bits per heavy atom. The summed E-state index contributed by atoms with van der Waals surface area (Å²) in [6.45, 7) is 3.52. The standard InChI is InChI=1S/C17H27N3S/c1-2-6-16(7-3-1)14-20(12-15-18-10-11-21-15)17(13-19-16)8-4-5-9-17/h10-11,19H,1-9,12-14H2. The van der Waals surface area contributed by atoms with Gasteiger partial charge in [0, 0.05) is 35.7 Å². The first kappa shape index (κ1) is 14.2. The number of rotatable bonds is 2. The van der Waals surface area contributed by atoms with Gasteiger partial charge >= 0.3 is 0 Å². The van der Waals surface area contributed by atoms with Crippen LogP contribution in [0.1, 0.15) is 62.8 Å². The van der Waals surface area contributed by atoms with Gasteiger partial charge in [-0.3, -0.25) is 4.90 Å². The maximum atomic E-state index is 4.55. The van der Waals surface area contributed by atoms with Gasteiger partial charge in [0.1, 0.15) is 5.01 Å². The fourth-order valence-electron chi connectivity index (χ4n) is 4.86. The van der Waals surface area contributed by atoms with Gasteiger partial charge in [0.2, 0.25) is 0 Å². The summed E-state index contributed by atoms with van der Waals surface area (Å²) in [7, 11) is 0. The average molecular weight is 305 g/mol. The van der Waals surface area contributed by atoms with E-state index in [1.54, 1.807) is 0 Å². The van der Waals surface area contributed by atoms with Crippen molar-refractivity contribution in [3.05, 3.63) is 16.6 Å². The molecule has 2 aliphatic carbocycles. The molecule has 0 atom stereocenters. The monoisotopic (exact) mass is 305 g/mol. The zero-order valence-electron chi connectivity index (χ0n) is 12.9. The van der Waals surface area contributed by atoms with Crippen LogP contribution in [0.25, 0.3) is 0 Å². The van der Waals surface area contributed by atoms with Crippen LogP contribution in [0.5, 0.6) is 0 Å². The van der Waals surface area contributed by atoms with Crippen molar-refractivity contribution in [2.24, 2.45) is 0 Å². The Kier molecular flexibility index (Phi) is 3.80. The number of nitrogens with one attached hydrogen (secondary N) is 1. The summed E-state index contributed by atoms with van der Waals surface area (Å²) in [6, 6.07) is 0. The van der Waals surface area contributed by atoms with Gasteiger partial charge in [-0.15, -0.1) is 11.3 Å². The molecule has 3 nitrogen and oxygen atoms in total. The lowest BCUT2D eigenvalue weighted by Gasteiger charge is -2.54. The molecular weight excluding hydrogens is 278 g/mol. The molecule has 116 valence electrons. The van der Waals surface area contributed by atoms with E-state index in [1.807, 2.05) is 17.5 Å².